The summed E-state index contributed by atoms with van der Waals surface area (Å²) in [5, 5.41) is 2.85. The molecule has 0 bridgehead atoms. The molecule has 1 N–H and O–H groups in total. The van der Waals surface area contributed by atoms with Gasteiger partial charge in [-0.15, -0.1) is 0 Å². The summed E-state index contributed by atoms with van der Waals surface area (Å²) in [6, 6.07) is -0.306. The molecule has 1 atom stereocenters. The molecule has 2 amide bonds. The Balaban J connectivity index is 2.06. The highest BCUT2D eigenvalue weighted by Crippen LogP contribution is 2.34. The molecule has 4 nitrogen and oxygen atoms in total. The van der Waals surface area contributed by atoms with Crippen LogP contribution in [0.2, 0.25) is 0 Å². The van der Waals surface area contributed by atoms with Gasteiger partial charge in [-0.2, -0.15) is 0 Å². The second kappa shape index (κ2) is 5.14. The molecule has 1 heterocycles. The molecule has 0 aromatic heterocycles. The summed E-state index contributed by atoms with van der Waals surface area (Å²) in [5.74, 6) is 1.08. The fourth-order valence-corrected chi connectivity index (χ4v) is 2.92. The summed E-state index contributed by atoms with van der Waals surface area (Å²) >= 11 is 0. The van der Waals surface area contributed by atoms with Crippen molar-refractivity contribution >= 4 is 11.8 Å². The van der Waals surface area contributed by atoms with E-state index in [9.17, 15) is 9.59 Å². The fourth-order valence-electron chi connectivity index (χ4n) is 2.92. The van der Waals surface area contributed by atoms with Gasteiger partial charge in [0.1, 0.15) is 11.6 Å². The van der Waals surface area contributed by atoms with Gasteiger partial charge in [0.25, 0.3) is 0 Å². The number of rotatable bonds is 5. The maximum atomic E-state index is 12.5. The minimum absolute atomic E-state index is 0.00831. The van der Waals surface area contributed by atoms with Crippen LogP contribution in [0.4, 0.5) is 0 Å². The van der Waals surface area contributed by atoms with Crippen molar-refractivity contribution in [3.8, 4) is 0 Å². The van der Waals surface area contributed by atoms with Gasteiger partial charge in [-0.1, -0.05) is 26.7 Å². The highest BCUT2D eigenvalue weighted by atomic mass is 16.2. The van der Waals surface area contributed by atoms with Crippen LogP contribution in [0.25, 0.3) is 0 Å². The molecular formula is C15H26N2O2. The van der Waals surface area contributed by atoms with E-state index in [4.69, 9.17) is 0 Å². The lowest BCUT2D eigenvalue weighted by atomic mass is 9.91. The summed E-state index contributed by atoms with van der Waals surface area (Å²) in [7, 11) is 0. The van der Waals surface area contributed by atoms with Gasteiger partial charge < -0.3 is 10.2 Å². The Hall–Kier alpha value is -1.06. The standard InChI is InChI=1S/C15H26N2O2/c1-10(2)12-13(18)16-15(3,4)14(19)17(12)9-5-6-11-7-8-11/h10-12H,5-9H2,1-4H3,(H,16,18). The molecule has 2 rings (SSSR count). The lowest BCUT2D eigenvalue weighted by Crippen LogP contribution is -2.69. The number of hydrogen-bond donors (Lipinski definition) is 1. The number of carbonyl (C=O) groups excluding carboxylic acids is 2. The summed E-state index contributed by atoms with van der Waals surface area (Å²) in [4.78, 5) is 26.5. The van der Waals surface area contributed by atoms with Crippen molar-refractivity contribution < 1.29 is 9.59 Å². The van der Waals surface area contributed by atoms with Gasteiger partial charge in [0.2, 0.25) is 11.8 Å². The first-order valence-corrected chi connectivity index (χ1v) is 7.46. The van der Waals surface area contributed by atoms with Crippen LogP contribution in [0.5, 0.6) is 0 Å². The zero-order valence-corrected chi connectivity index (χ0v) is 12.5. The van der Waals surface area contributed by atoms with Crippen molar-refractivity contribution in [3.05, 3.63) is 0 Å². The molecule has 1 unspecified atom stereocenters. The molecule has 0 aromatic rings. The highest BCUT2D eigenvalue weighted by molar-refractivity contribution is 5.99. The minimum atomic E-state index is -0.762. The van der Waals surface area contributed by atoms with E-state index >= 15 is 0 Å². The predicted octanol–water partition coefficient (Wildman–Crippen LogP) is 1.94. The van der Waals surface area contributed by atoms with Crippen LogP contribution in [-0.4, -0.2) is 34.8 Å². The van der Waals surface area contributed by atoms with E-state index in [1.54, 1.807) is 13.8 Å². The lowest BCUT2D eigenvalue weighted by molar-refractivity contribution is -0.155. The van der Waals surface area contributed by atoms with E-state index in [1.165, 1.54) is 19.3 Å². The molecule has 2 fully saturated rings. The van der Waals surface area contributed by atoms with Crippen molar-refractivity contribution in [1.29, 1.82) is 0 Å². The molecule has 1 saturated carbocycles. The largest absolute Gasteiger partial charge is 0.340 e. The predicted molar refractivity (Wildman–Crippen MR) is 74.5 cm³/mol. The maximum absolute atomic E-state index is 12.5. The fraction of sp³-hybridized carbons (Fsp3) is 0.867. The first-order chi connectivity index (χ1) is 8.83. The molecule has 0 spiro atoms. The van der Waals surface area contributed by atoms with Crippen molar-refractivity contribution in [2.45, 2.75) is 65.0 Å². The summed E-state index contributed by atoms with van der Waals surface area (Å²) in [6.45, 7) is 8.30. The Labute approximate surface area is 115 Å². The summed E-state index contributed by atoms with van der Waals surface area (Å²) < 4.78 is 0. The monoisotopic (exact) mass is 266 g/mol. The third kappa shape index (κ3) is 3.10. The number of nitrogens with zero attached hydrogens (tertiary/aromatic N) is 1. The SMILES string of the molecule is CC(C)C1C(=O)NC(C)(C)C(=O)N1CCCC1CC1. The summed E-state index contributed by atoms with van der Waals surface area (Å²) in [5.41, 5.74) is -0.762. The second-order valence-corrected chi connectivity index (χ2v) is 6.89. The third-order valence-corrected chi connectivity index (χ3v) is 4.18. The Bertz CT molecular complexity index is 372. The van der Waals surface area contributed by atoms with E-state index in [0.717, 1.165) is 18.9 Å². The van der Waals surface area contributed by atoms with Crippen LogP contribution < -0.4 is 5.32 Å². The lowest BCUT2D eigenvalue weighted by Gasteiger charge is -2.44. The van der Waals surface area contributed by atoms with E-state index in [0.29, 0.717) is 0 Å². The van der Waals surface area contributed by atoms with Crippen LogP contribution in [0, 0.1) is 11.8 Å². The normalized spacial score (nSPS) is 26.8. The van der Waals surface area contributed by atoms with Crippen LogP contribution in [0.3, 0.4) is 0 Å². The topological polar surface area (TPSA) is 49.4 Å². The third-order valence-electron chi connectivity index (χ3n) is 4.18. The minimum Gasteiger partial charge on any atom is -0.340 e. The zero-order valence-electron chi connectivity index (χ0n) is 12.5. The molecule has 0 radical (unpaired) electrons. The van der Waals surface area contributed by atoms with Crippen LogP contribution in [0.1, 0.15) is 53.4 Å². The molecule has 108 valence electrons. The molecule has 4 heteroatoms. The Morgan fingerprint density at radius 2 is 1.95 bits per heavy atom. The van der Waals surface area contributed by atoms with E-state index in [2.05, 4.69) is 5.32 Å². The second-order valence-electron chi connectivity index (χ2n) is 6.89. The Morgan fingerprint density at radius 1 is 1.32 bits per heavy atom. The van der Waals surface area contributed by atoms with Gasteiger partial charge >= 0.3 is 0 Å². The number of amides is 2. The Morgan fingerprint density at radius 3 is 2.47 bits per heavy atom. The Kier molecular flexibility index (Phi) is 3.88. The zero-order chi connectivity index (χ0) is 14.2. The molecule has 1 saturated heterocycles. The van der Waals surface area contributed by atoms with Gasteiger partial charge in [0.15, 0.2) is 0 Å². The molecule has 0 aromatic carbocycles. The number of piperazine rings is 1. The van der Waals surface area contributed by atoms with Crippen LogP contribution in [0.15, 0.2) is 0 Å². The van der Waals surface area contributed by atoms with Crippen molar-refractivity contribution in [2.75, 3.05) is 6.54 Å². The molecular weight excluding hydrogens is 240 g/mol. The highest BCUT2D eigenvalue weighted by Gasteiger charge is 2.45. The van der Waals surface area contributed by atoms with Crippen molar-refractivity contribution in [2.24, 2.45) is 11.8 Å². The number of nitrogens with one attached hydrogen (secondary N) is 1. The molecule has 1 aliphatic carbocycles. The molecule has 2 aliphatic rings. The van der Waals surface area contributed by atoms with Gasteiger partial charge in [-0.05, 0) is 38.5 Å². The van der Waals surface area contributed by atoms with E-state index in [-0.39, 0.29) is 23.8 Å². The number of hydrogen-bond acceptors (Lipinski definition) is 2. The van der Waals surface area contributed by atoms with Crippen molar-refractivity contribution in [1.82, 2.24) is 10.2 Å². The quantitative estimate of drug-likeness (QED) is 0.826. The van der Waals surface area contributed by atoms with Gasteiger partial charge in [-0.25, -0.2) is 0 Å². The smallest absolute Gasteiger partial charge is 0.248 e. The molecule has 1 aliphatic heterocycles. The van der Waals surface area contributed by atoms with Gasteiger partial charge in [0.05, 0.1) is 0 Å². The van der Waals surface area contributed by atoms with E-state index < -0.39 is 5.54 Å². The van der Waals surface area contributed by atoms with E-state index in [1.807, 2.05) is 18.7 Å². The average molecular weight is 266 g/mol. The number of carbonyl (C=O) groups is 2. The van der Waals surface area contributed by atoms with Crippen LogP contribution in [-0.2, 0) is 9.59 Å². The van der Waals surface area contributed by atoms with Crippen molar-refractivity contribution in [3.63, 3.8) is 0 Å². The first kappa shape index (κ1) is 14.4. The van der Waals surface area contributed by atoms with Gasteiger partial charge in [0, 0.05) is 6.54 Å². The maximum Gasteiger partial charge on any atom is 0.248 e. The van der Waals surface area contributed by atoms with Crippen LogP contribution >= 0.6 is 0 Å². The summed E-state index contributed by atoms with van der Waals surface area (Å²) in [6.07, 6.45) is 4.89. The molecule has 19 heavy (non-hydrogen) atoms. The van der Waals surface area contributed by atoms with Gasteiger partial charge in [-0.3, -0.25) is 9.59 Å². The average Bonchev–Trinajstić information content (AvgIpc) is 3.07. The first-order valence-electron chi connectivity index (χ1n) is 7.46.